The average Bonchev–Trinajstić information content (AvgIpc) is 3.32. The molecule has 8 nitrogen and oxygen atoms in total. The van der Waals surface area contributed by atoms with Gasteiger partial charge >= 0.3 is 0 Å². The Morgan fingerprint density at radius 2 is 1.78 bits per heavy atom. The van der Waals surface area contributed by atoms with Crippen LogP contribution in [0.15, 0.2) is 71.1 Å². The number of anilines is 2. The number of aliphatic hydroxyl groups is 1. The molecule has 0 saturated carbocycles. The lowest BCUT2D eigenvalue weighted by molar-refractivity contribution is -0.133. The Balaban J connectivity index is 0.00000306. The molecule has 2 heterocycles. The molecule has 4 rings (SSSR count). The van der Waals surface area contributed by atoms with Gasteiger partial charge in [-0.1, -0.05) is 30.3 Å². The normalized spacial score (nSPS) is 15.4. The van der Waals surface area contributed by atoms with E-state index in [-0.39, 0.29) is 18.7 Å². The van der Waals surface area contributed by atoms with Gasteiger partial charge in [-0.05, 0) is 29.8 Å². The van der Waals surface area contributed by atoms with Gasteiger partial charge in [0, 0.05) is 44.9 Å². The number of amides is 1. The highest BCUT2D eigenvalue weighted by Gasteiger charge is 2.24. The van der Waals surface area contributed by atoms with Crippen LogP contribution >= 0.6 is 11.3 Å². The minimum Gasteiger partial charge on any atom is -0.388 e. The van der Waals surface area contributed by atoms with E-state index in [0.717, 1.165) is 11.3 Å². The quantitative estimate of drug-likeness (QED) is 0.546. The number of piperazine rings is 1. The molecule has 1 atom stereocenters. The van der Waals surface area contributed by atoms with E-state index in [0.29, 0.717) is 31.3 Å². The minimum atomic E-state index is -3.68. The summed E-state index contributed by atoms with van der Waals surface area (Å²) in [5.74, 6) is -0.0734. The Kier molecular flexibility index (Phi) is 6.73. The van der Waals surface area contributed by atoms with Gasteiger partial charge in [-0.25, -0.2) is 13.4 Å². The molecule has 1 fully saturated rings. The number of sulfonamides is 1. The lowest BCUT2D eigenvalue weighted by atomic mass is 10.1. The summed E-state index contributed by atoms with van der Waals surface area (Å²) in [7, 11) is -3.68. The van der Waals surface area contributed by atoms with Gasteiger partial charge in [-0.2, -0.15) is 0 Å². The third-order valence-corrected chi connectivity index (χ3v) is 7.52. The molecule has 1 saturated heterocycles. The van der Waals surface area contributed by atoms with Gasteiger partial charge in [-0.15, -0.1) is 11.3 Å². The van der Waals surface area contributed by atoms with Crippen molar-refractivity contribution in [2.75, 3.05) is 35.8 Å². The number of nitrogens with one attached hydrogen (secondary N) is 1. The summed E-state index contributed by atoms with van der Waals surface area (Å²) in [6.07, 6.45) is 0.787. The van der Waals surface area contributed by atoms with Gasteiger partial charge in [0.05, 0.1) is 17.4 Å². The van der Waals surface area contributed by atoms with Crippen LogP contribution in [0.1, 0.15) is 19.5 Å². The third-order valence-electron chi connectivity index (χ3n) is 5.35. The number of thiazole rings is 1. The molecule has 2 N–H and O–H groups in total. The average molecular weight is 475 g/mol. The fraction of sp³-hybridized carbons (Fsp3) is 0.273. The summed E-state index contributed by atoms with van der Waals surface area (Å²) in [5.41, 5.74) is 1.63. The van der Waals surface area contributed by atoms with Gasteiger partial charge in [-0.3, -0.25) is 9.52 Å². The van der Waals surface area contributed by atoms with E-state index in [4.69, 9.17) is 0 Å². The first-order valence-electron chi connectivity index (χ1n) is 10.2. The summed E-state index contributed by atoms with van der Waals surface area (Å²) in [4.78, 5) is 20.6. The van der Waals surface area contributed by atoms with Crippen molar-refractivity contribution >= 4 is 38.1 Å². The zero-order valence-corrected chi connectivity index (χ0v) is 18.9. The van der Waals surface area contributed by atoms with E-state index >= 15 is 0 Å². The monoisotopic (exact) mass is 474 g/mol. The standard InChI is InChI=1S/C22H24N4O4S2.H2/c27-20(17-4-2-1-3-5-17)16-21(28)26-13-11-25(12-14-26)18-6-8-19(9-7-18)32(29,30)24-22-23-10-15-31-22;/h1-10,15,20,27H,11-14,16H2,(H,23,24);1H. The highest BCUT2D eigenvalue weighted by atomic mass is 32.2. The summed E-state index contributed by atoms with van der Waals surface area (Å²) in [6.45, 7) is 2.37. The highest BCUT2D eigenvalue weighted by molar-refractivity contribution is 7.93. The van der Waals surface area contributed by atoms with E-state index < -0.39 is 16.1 Å². The van der Waals surface area contributed by atoms with Crippen molar-refractivity contribution in [3.63, 3.8) is 0 Å². The number of aliphatic hydroxyl groups excluding tert-OH is 1. The van der Waals surface area contributed by atoms with Crippen LogP contribution in [0.5, 0.6) is 0 Å². The molecule has 3 aromatic rings. The van der Waals surface area contributed by atoms with Crippen molar-refractivity contribution in [1.29, 1.82) is 0 Å². The summed E-state index contributed by atoms with van der Waals surface area (Å²) < 4.78 is 27.4. The van der Waals surface area contributed by atoms with E-state index in [9.17, 15) is 18.3 Å². The van der Waals surface area contributed by atoms with Gasteiger partial charge in [0.1, 0.15) is 0 Å². The number of aromatic nitrogens is 1. The van der Waals surface area contributed by atoms with Crippen LogP contribution in [-0.4, -0.2) is 55.5 Å². The van der Waals surface area contributed by atoms with Crippen LogP contribution in [0.3, 0.4) is 0 Å². The highest BCUT2D eigenvalue weighted by Crippen LogP contribution is 2.23. The first-order chi connectivity index (χ1) is 15.4. The largest absolute Gasteiger partial charge is 0.388 e. The number of hydrogen-bond donors (Lipinski definition) is 2. The van der Waals surface area contributed by atoms with E-state index in [1.54, 1.807) is 40.7 Å². The fourth-order valence-corrected chi connectivity index (χ4v) is 5.37. The molecule has 32 heavy (non-hydrogen) atoms. The second-order valence-corrected chi connectivity index (χ2v) is 10.0. The van der Waals surface area contributed by atoms with Crippen molar-refractivity contribution in [1.82, 2.24) is 9.88 Å². The molecule has 1 aliphatic heterocycles. The SMILES string of the molecule is O=C(CC(O)c1ccccc1)N1CCN(c2ccc(S(=O)(=O)Nc3nccs3)cc2)CC1.[HH]. The molecule has 1 aromatic heterocycles. The van der Waals surface area contributed by atoms with Crippen LogP contribution in [0.2, 0.25) is 0 Å². The van der Waals surface area contributed by atoms with Crippen LogP contribution < -0.4 is 9.62 Å². The topological polar surface area (TPSA) is 103 Å². The lowest BCUT2D eigenvalue weighted by Crippen LogP contribution is -2.49. The van der Waals surface area contributed by atoms with Crippen molar-refractivity contribution in [3.8, 4) is 0 Å². The van der Waals surface area contributed by atoms with Crippen molar-refractivity contribution in [2.45, 2.75) is 17.4 Å². The summed E-state index contributed by atoms with van der Waals surface area (Å²) in [5, 5.41) is 12.3. The summed E-state index contributed by atoms with van der Waals surface area (Å²) >= 11 is 1.22. The number of carbonyl (C=O) groups is 1. The molecule has 0 radical (unpaired) electrons. The van der Waals surface area contributed by atoms with Crippen molar-refractivity contribution in [2.24, 2.45) is 0 Å². The molecule has 0 bridgehead atoms. The Morgan fingerprint density at radius 3 is 2.41 bits per heavy atom. The van der Waals surface area contributed by atoms with Crippen LogP contribution in [0.25, 0.3) is 0 Å². The zero-order chi connectivity index (χ0) is 22.6. The summed E-state index contributed by atoms with van der Waals surface area (Å²) in [6, 6.07) is 15.9. The van der Waals surface area contributed by atoms with Crippen molar-refractivity contribution in [3.05, 3.63) is 71.7 Å². The number of rotatable bonds is 7. The molecule has 0 aliphatic carbocycles. The van der Waals surface area contributed by atoms with E-state index in [1.807, 2.05) is 30.3 Å². The molecule has 10 heteroatoms. The fourth-order valence-electron chi connectivity index (χ4n) is 3.59. The first-order valence-corrected chi connectivity index (χ1v) is 12.6. The third kappa shape index (κ3) is 5.26. The smallest absolute Gasteiger partial charge is 0.263 e. The first kappa shape index (κ1) is 22.3. The molecule has 0 spiro atoms. The Morgan fingerprint density at radius 1 is 1.09 bits per heavy atom. The van der Waals surface area contributed by atoms with Crippen LogP contribution in [0, 0.1) is 0 Å². The minimum absolute atomic E-state index is 0. The van der Waals surface area contributed by atoms with E-state index in [1.165, 1.54) is 11.3 Å². The predicted molar refractivity (Wildman–Crippen MR) is 126 cm³/mol. The number of carbonyl (C=O) groups excluding carboxylic acids is 1. The van der Waals surface area contributed by atoms with Gasteiger partial charge in [0.2, 0.25) is 5.91 Å². The Labute approximate surface area is 192 Å². The number of benzene rings is 2. The van der Waals surface area contributed by atoms with Gasteiger partial charge in [0.25, 0.3) is 10.0 Å². The maximum atomic E-state index is 12.6. The second kappa shape index (κ2) is 9.68. The van der Waals surface area contributed by atoms with Crippen molar-refractivity contribution < 1.29 is 19.7 Å². The second-order valence-electron chi connectivity index (χ2n) is 7.44. The molecular formula is C22H26N4O4S2. The molecule has 1 amide bonds. The molecule has 170 valence electrons. The van der Waals surface area contributed by atoms with Gasteiger partial charge in [0.15, 0.2) is 5.13 Å². The molecular weight excluding hydrogens is 448 g/mol. The lowest BCUT2D eigenvalue weighted by Gasteiger charge is -2.36. The van der Waals surface area contributed by atoms with Gasteiger partial charge < -0.3 is 14.9 Å². The Bertz CT molecular complexity index is 1130. The van der Waals surface area contributed by atoms with Crippen LogP contribution in [0.4, 0.5) is 10.8 Å². The maximum absolute atomic E-state index is 12.6. The molecule has 1 unspecified atom stereocenters. The zero-order valence-electron chi connectivity index (χ0n) is 17.3. The Hall–Kier alpha value is -2.95. The molecule has 1 aliphatic rings. The van der Waals surface area contributed by atoms with Crippen LogP contribution in [-0.2, 0) is 14.8 Å². The van der Waals surface area contributed by atoms with E-state index in [2.05, 4.69) is 14.6 Å². The maximum Gasteiger partial charge on any atom is 0.263 e. The number of hydrogen-bond acceptors (Lipinski definition) is 7. The molecule has 2 aromatic carbocycles. The number of nitrogens with zero attached hydrogens (tertiary/aromatic N) is 3. The predicted octanol–water partition coefficient (Wildman–Crippen LogP) is 2.96.